The van der Waals surface area contributed by atoms with E-state index in [0.717, 1.165) is 31.9 Å². The molecule has 0 radical (unpaired) electrons. The van der Waals surface area contributed by atoms with Crippen molar-refractivity contribution in [2.24, 2.45) is 0 Å². The molecule has 0 fully saturated rings. The zero-order valence-electron chi connectivity index (χ0n) is 16.1. The molecule has 0 rings (SSSR count). The molecule has 0 aliphatic heterocycles. The lowest BCUT2D eigenvalue weighted by molar-refractivity contribution is -0.160. The molecule has 0 aromatic rings. The van der Waals surface area contributed by atoms with E-state index in [-0.39, 0.29) is 12.8 Å². The molecule has 0 saturated carbocycles. The van der Waals surface area contributed by atoms with Gasteiger partial charge in [0.05, 0.1) is 12.7 Å². The number of hydrogen-bond acceptors (Lipinski definition) is 5. The molecule has 0 bridgehead atoms. The maximum Gasteiger partial charge on any atom is 0.327 e. The number of esters is 1. The first-order valence-electron chi connectivity index (χ1n) is 9.07. The van der Waals surface area contributed by atoms with Gasteiger partial charge in [0.25, 0.3) is 0 Å². The summed E-state index contributed by atoms with van der Waals surface area (Å²) in [7, 11) is 0. The Morgan fingerprint density at radius 1 is 0.963 bits per heavy atom. The van der Waals surface area contributed by atoms with Gasteiger partial charge in [0, 0.05) is 12.8 Å². The van der Waals surface area contributed by atoms with Crippen molar-refractivity contribution in [3.05, 3.63) is 37.1 Å². The fraction of sp³-hybridized carbons (Fsp3) is 0.500. The molecule has 27 heavy (non-hydrogen) atoms. The zero-order chi connectivity index (χ0) is 20.7. The van der Waals surface area contributed by atoms with Crippen LogP contribution in [0.25, 0.3) is 0 Å². The summed E-state index contributed by atoms with van der Waals surface area (Å²) < 4.78 is 4.54. The second-order valence-electron chi connectivity index (χ2n) is 5.80. The molecule has 0 aromatic heterocycles. The highest BCUT2D eigenvalue weighted by molar-refractivity contribution is 6.01. The molecule has 0 aromatic carbocycles. The molecular formula is C20H29NO6. The van der Waals surface area contributed by atoms with E-state index < -0.39 is 36.2 Å². The van der Waals surface area contributed by atoms with Crippen molar-refractivity contribution in [2.45, 2.75) is 64.8 Å². The minimum Gasteiger partial charge on any atom is -0.480 e. The number of ether oxygens (including phenoxy) is 1. The number of rotatable bonds is 13. The summed E-state index contributed by atoms with van der Waals surface area (Å²) in [5, 5.41) is 9.46. The Bertz CT molecular complexity index is 549. The number of hydrogen-bond donors (Lipinski definition) is 1. The smallest absolute Gasteiger partial charge is 0.327 e. The highest BCUT2D eigenvalue weighted by atomic mass is 16.5. The monoisotopic (exact) mass is 379 g/mol. The first-order valence-corrected chi connectivity index (χ1v) is 9.07. The Labute approximate surface area is 160 Å². The van der Waals surface area contributed by atoms with Crippen LogP contribution in [0.3, 0.4) is 0 Å². The molecule has 0 aliphatic carbocycles. The maximum absolute atomic E-state index is 12.5. The number of allylic oxidation sites excluding steroid dienone is 2. The molecule has 0 aliphatic rings. The van der Waals surface area contributed by atoms with Gasteiger partial charge in [-0.05, 0) is 12.8 Å². The summed E-state index contributed by atoms with van der Waals surface area (Å²) in [5.41, 5.74) is 0. The highest BCUT2D eigenvalue weighted by Crippen LogP contribution is 2.13. The second-order valence-corrected chi connectivity index (χ2v) is 5.80. The fourth-order valence-electron chi connectivity index (χ4n) is 2.21. The Balaban J connectivity index is 5.45. The molecule has 1 N–H and O–H groups in total. The third-order valence-electron chi connectivity index (χ3n) is 3.54. The van der Waals surface area contributed by atoms with Crippen LogP contribution in [0.15, 0.2) is 37.1 Å². The van der Waals surface area contributed by atoms with Gasteiger partial charge in [0.15, 0.2) is 0 Å². The van der Waals surface area contributed by atoms with Crippen LogP contribution in [0, 0.1) is 0 Å². The van der Waals surface area contributed by atoms with Crippen molar-refractivity contribution in [1.29, 1.82) is 0 Å². The van der Waals surface area contributed by atoms with Crippen LogP contribution in [0.5, 0.6) is 0 Å². The first kappa shape index (κ1) is 24.3. The number of carboxylic acid groups (broad SMARTS) is 1. The van der Waals surface area contributed by atoms with Crippen molar-refractivity contribution < 1.29 is 29.0 Å². The van der Waals surface area contributed by atoms with Gasteiger partial charge in [0.1, 0.15) is 6.04 Å². The number of carboxylic acids is 1. The SMILES string of the molecule is C=COC(=O)CC(C(=O)O)N(C(=O)C/C=C/CCC)C(=O)C/C=C/CCC. The standard InChI is InChI=1S/C20H29NO6/c1-4-7-9-11-13-17(22)21(18(23)14-12-10-8-5-2)16(20(25)26)15-19(24)27-6-3/h6,9-12,16H,3-5,7-8,13-15H2,1-2H3,(H,25,26)/b11-9+,12-10+. The van der Waals surface area contributed by atoms with Crippen LogP contribution in [-0.2, 0) is 23.9 Å². The van der Waals surface area contributed by atoms with Gasteiger partial charge in [-0.2, -0.15) is 0 Å². The van der Waals surface area contributed by atoms with Crippen molar-refractivity contribution in [3.63, 3.8) is 0 Å². The van der Waals surface area contributed by atoms with E-state index in [1.807, 2.05) is 13.8 Å². The Kier molecular flexibility index (Phi) is 13.0. The molecule has 2 amide bonds. The minimum absolute atomic E-state index is 0.120. The number of unbranched alkanes of at least 4 members (excludes halogenated alkanes) is 2. The first-order chi connectivity index (χ1) is 12.9. The molecule has 0 saturated heterocycles. The van der Waals surface area contributed by atoms with E-state index in [9.17, 15) is 24.3 Å². The van der Waals surface area contributed by atoms with E-state index in [1.54, 1.807) is 24.3 Å². The van der Waals surface area contributed by atoms with Crippen LogP contribution in [-0.4, -0.2) is 39.8 Å². The third-order valence-corrected chi connectivity index (χ3v) is 3.54. The van der Waals surface area contributed by atoms with Gasteiger partial charge in [-0.25, -0.2) is 4.79 Å². The predicted molar refractivity (Wildman–Crippen MR) is 102 cm³/mol. The van der Waals surface area contributed by atoms with E-state index in [0.29, 0.717) is 4.90 Å². The van der Waals surface area contributed by atoms with Crippen molar-refractivity contribution in [2.75, 3.05) is 0 Å². The molecule has 1 unspecified atom stereocenters. The lowest BCUT2D eigenvalue weighted by atomic mass is 10.1. The second kappa shape index (κ2) is 14.5. The average molecular weight is 379 g/mol. The van der Waals surface area contributed by atoms with Crippen LogP contribution in [0.4, 0.5) is 0 Å². The van der Waals surface area contributed by atoms with Gasteiger partial charge in [-0.3, -0.25) is 19.3 Å². The molecule has 0 spiro atoms. The quantitative estimate of drug-likeness (QED) is 0.299. The normalized spacial score (nSPS) is 12.1. The van der Waals surface area contributed by atoms with Gasteiger partial charge in [-0.1, -0.05) is 57.6 Å². The average Bonchev–Trinajstić information content (AvgIpc) is 2.62. The topological polar surface area (TPSA) is 101 Å². The third kappa shape index (κ3) is 10.1. The van der Waals surface area contributed by atoms with Gasteiger partial charge >= 0.3 is 11.9 Å². The fourth-order valence-corrected chi connectivity index (χ4v) is 2.21. The number of imide groups is 1. The summed E-state index contributed by atoms with van der Waals surface area (Å²) in [5.74, 6) is -3.68. The lowest BCUT2D eigenvalue weighted by Gasteiger charge is -2.26. The van der Waals surface area contributed by atoms with E-state index in [2.05, 4.69) is 11.3 Å². The predicted octanol–water partition coefficient (Wildman–Crippen LogP) is 3.36. The van der Waals surface area contributed by atoms with Crippen LogP contribution in [0.1, 0.15) is 58.8 Å². The highest BCUT2D eigenvalue weighted by Gasteiger charge is 2.35. The molecule has 7 heteroatoms. The number of nitrogens with zero attached hydrogens (tertiary/aromatic N) is 1. The summed E-state index contributed by atoms with van der Waals surface area (Å²) in [6.45, 7) is 7.19. The number of amides is 2. The minimum atomic E-state index is -1.63. The van der Waals surface area contributed by atoms with E-state index in [1.165, 1.54) is 0 Å². The summed E-state index contributed by atoms with van der Waals surface area (Å²) in [6.07, 6.45) is 10.1. The lowest BCUT2D eigenvalue weighted by Crippen LogP contribution is -2.49. The summed E-state index contributed by atoms with van der Waals surface area (Å²) in [6, 6.07) is -1.63. The van der Waals surface area contributed by atoms with Crippen molar-refractivity contribution in [3.8, 4) is 0 Å². The number of aliphatic carboxylic acids is 1. The Morgan fingerprint density at radius 3 is 1.81 bits per heavy atom. The van der Waals surface area contributed by atoms with Crippen LogP contribution >= 0.6 is 0 Å². The van der Waals surface area contributed by atoms with E-state index >= 15 is 0 Å². The molecular weight excluding hydrogens is 350 g/mol. The maximum atomic E-state index is 12.5. The van der Waals surface area contributed by atoms with E-state index in [4.69, 9.17) is 0 Å². The van der Waals surface area contributed by atoms with Gasteiger partial charge in [-0.15, -0.1) is 0 Å². The summed E-state index contributed by atoms with van der Waals surface area (Å²) >= 11 is 0. The Hall–Kier alpha value is -2.70. The van der Waals surface area contributed by atoms with Crippen molar-refractivity contribution >= 4 is 23.8 Å². The summed E-state index contributed by atoms with van der Waals surface area (Å²) in [4.78, 5) is 49.0. The van der Waals surface area contributed by atoms with Crippen LogP contribution in [0.2, 0.25) is 0 Å². The zero-order valence-corrected chi connectivity index (χ0v) is 16.1. The van der Waals surface area contributed by atoms with Gasteiger partial charge in [0.2, 0.25) is 11.8 Å². The molecule has 1 atom stereocenters. The molecule has 7 nitrogen and oxygen atoms in total. The van der Waals surface area contributed by atoms with Crippen molar-refractivity contribution in [1.82, 2.24) is 4.90 Å². The molecule has 150 valence electrons. The number of carbonyl (C=O) groups is 4. The Morgan fingerprint density at radius 2 is 1.44 bits per heavy atom. The largest absolute Gasteiger partial charge is 0.480 e. The van der Waals surface area contributed by atoms with Gasteiger partial charge < -0.3 is 9.84 Å². The molecule has 0 heterocycles. The van der Waals surface area contributed by atoms with Crippen LogP contribution < -0.4 is 0 Å². The number of carbonyl (C=O) groups excluding carboxylic acids is 3.